The number of aromatic nitrogens is 4. The van der Waals surface area contributed by atoms with Crippen molar-refractivity contribution in [2.24, 2.45) is 0 Å². The molecule has 8 bridgehead atoms. The molecule has 2 N–H and O–H groups in total. The van der Waals surface area contributed by atoms with Crippen molar-refractivity contribution in [3.63, 3.8) is 0 Å². The molecule has 4 aromatic rings. The molecule has 2 aliphatic heterocycles. The Morgan fingerprint density at radius 1 is 0.531 bits per heavy atom. The normalized spacial score (nSPS) is 11.8. The number of nitrogens with zero attached hydrogens (tertiary/aromatic N) is 2. The molecule has 6 heteroatoms. The number of fused-ring (bicyclic) bond motifs is 8. The van der Waals surface area contributed by atoms with E-state index in [1.54, 1.807) is 0 Å². The molecule has 0 unspecified atom stereocenters. The molecule has 0 amide bonds. The van der Waals surface area contributed by atoms with Crippen molar-refractivity contribution >= 4 is 73.5 Å². The Bertz CT molecular complexity index is 1300. The summed E-state index contributed by atoms with van der Waals surface area (Å²) in [5, 5.41) is 0. The third kappa shape index (κ3) is 5.26. The molecule has 0 saturated carbocycles. The first-order valence-electron chi connectivity index (χ1n) is 10.0. The van der Waals surface area contributed by atoms with Gasteiger partial charge in [0.15, 0.2) is 0 Å². The summed E-state index contributed by atoms with van der Waals surface area (Å²) in [6, 6.07) is 24.3. The topological polar surface area (TPSA) is 57.4 Å². The third-order valence-electron chi connectivity index (χ3n) is 4.82. The van der Waals surface area contributed by atoms with E-state index < -0.39 is 0 Å². The SMILES string of the molecule is C1=Cc2cc3ccc(cc4nc(cc5ccc(cc1n2)[nH]5)C=C4)[nH]3.[Ni][c]1ccc(I)cc1. The average molecular weight is 572 g/mol. The van der Waals surface area contributed by atoms with Gasteiger partial charge < -0.3 is 9.97 Å². The standard InChI is InChI=1S/C20H14N4.C6H4I.Ni/c1-2-14-10-16-5-6-18(23-16)12-20-8-7-19(24-20)11-17-4-3-15(22-17)9-13(1)21-14;7-6-4-2-1-3-5-6;/h1-12,21,24H;2-5H;. The van der Waals surface area contributed by atoms with Gasteiger partial charge in [-0.15, -0.1) is 0 Å². The summed E-state index contributed by atoms with van der Waals surface area (Å²) in [7, 11) is 0. The van der Waals surface area contributed by atoms with Crippen molar-refractivity contribution in [3.8, 4) is 0 Å². The summed E-state index contributed by atoms with van der Waals surface area (Å²) < 4.78 is 2.19. The molecule has 0 aliphatic carbocycles. The Morgan fingerprint density at radius 2 is 0.875 bits per heavy atom. The summed E-state index contributed by atoms with van der Waals surface area (Å²) >= 11 is 6.85. The number of halogens is 1. The molecule has 2 aliphatic rings. The molecule has 0 atom stereocenters. The van der Waals surface area contributed by atoms with E-state index in [0.29, 0.717) is 0 Å². The summed E-state index contributed by atoms with van der Waals surface area (Å²) in [5.41, 5.74) is 7.86. The van der Waals surface area contributed by atoms with Crippen LogP contribution in [-0.4, -0.2) is 19.9 Å². The van der Waals surface area contributed by atoms with E-state index in [2.05, 4.69) is 82.3 Å². The van der Waals surface area contributed by atoms with E-state index in [1.165, 1.54) is 3.57 Å². The zero-order valence-corrected chi connectivity index (χ0v) is 20.0. The maximum atomic E-state index is 4.63. The van der Waals surface area contributed by atoms with Gasteiger partial charge in [0.05, 0.1) is 22.8 Å². The van der Waals surface area contributed by atoms with Crippen LogP contribution < -0.4 is 4.53 Å². The van der Waals surface area contributed by atoms with Gasteiger partial charge in [-0.1, -0.05) is 0 Å². The molecule has 6 rings (SSSR count). The van der Waals surface area contributed by atoms with Crippen LogP contribution in [0.5, 0.6) is 0 Å². The predicted molar refractivity (Wildman–Crippen MR) is 138 cm³/mol. The number of H-pyrrole nitrogens is 2. The predicted octanol–water partition coefficient (Wildman–Crippen LogP) is 6.12. The molecule has 0 spiro atoms. The van der Waals surface area contributed by atoms with Gasteiger partial charge in [-0.3, -0.25) is 0 Å². The van der Waals surface area contributed by atoms with Crippen molar-refractivity contribution in [1.29, 1.82) is 0 Å². The average Bonchev–Trinajstić information content (AvgIpc) is 3.57. The summed E-state index contributed by atoms with van der Waals surface area (Å²) in [6.07, 6.45) is 8.09. The van der Waals surface area contributed by atoms with Crippen molar-refractivity contribution in [1.82, 2.24) is 19.9 Å². The van der Waals surface area contributed by atoms with Crippen LogP contribution >= 0.6 is 22.6 Å². The van der Waals surface area contributed by atoms with Crippen LogP contribution in [0.3, 0.4) is 0 Å². The molecule has 0 saturated heterocycles. The second kappa shape index (κ2) is 9.27. The van der Waals surface area contributed by atoms with Crippen molar-refractivity contribution in [2.75, 3.05) is 0 Å². The summed E-state index contributed by atoms with van der Waals surface area (Å²) in [4.78, 5) is 16.0. The first kappa shape index (κ1) is 20.9. The first-order valence-corrected chi connectivity index (χ1v) is 11.6. The van der Waals surface area contributed by atoms with Crippen molar-refractivity contribution in [3.05, 3.63) is 99.1 Å². The van der Waals surface area contributed by atoms with Crippen LogP contribution in [0.1, 0.15) is 22.8 Å². The second-order valence-electron chi connectivity index (χ2n) is 7.31. The van der Waals surface area contributed by atoms with Crippen LogP contribution in [0.2, 0.25) is 0 Å². The minimum absolute atomic E-state index is 0.939. The first-order chi connectivity index (χ1) is 15.6. The van der Waals surface area contributed by atoms with E-state index in [1.807, 2.05) is 72.8 Å². The molecule has 4 nitrogen and oxygen atoms in total. The zero-order valence-electron chi connectivity index (χ0n) is 16.8. The van der Waals surface area contributed by atoms with Crippen LogP contribution in [0.15, 0.2) is 72.8 Å². The Hall–Kier alpha value is -2.96. The minimum atomic E-state index is 0.939. The fourth-order valence-corrected chi connectivity index (χ4v) is 3.89. The van der Waals surface area contributed by atoms with E-state index in [-0.39, 0.29) is 0 Å². The van der Waals surface area contributed by atoms with Crippen molar-refractivity contribution in [2.45, 2.75) is 0 Å². The Kier molecular flexibility index (Phi) is 6.06. The fourth-order valence-electron chi connectivity index (χ4n) is 3.36. The molecular formula is C26H18IN4Ni. The fraction of sp³-hybridized carbons (Fsp3) is 0. The third-order valence-corrected chi connectivity index (χ3v) is 5.87. The van der Waals surface area contributed by atoms with Gasteiger partial charge in [0.25, 0.3) is 0 Å². The molecule has 32 heavy (non-hydrogen) atoms. The summed E-state index contributed by atoms with van der Waals surface area (Å²) in [5.74, 6) is 0. The van der Waals surface area contributed by atoms with E-state index in [0.717, 1.165) is 49.4 Å². The van der Waals surface area contributed by atoms with Gasteiger partial charge in [0, 0.05) is 22.1 Å². The van der Waals surface area contributed by atoms with Crippen molar-refractivity contribution < 1.29 is 15.5 Å². The molecule has 0 fully saturated rings. The van der Waals surface area contributed by atoms with Gasteiger partial charge in [-0.05, 0) is 72.8 Å². The number of hydrogen-bond donors (Lipinski definition) is 2. The van der Waals surface area contributed by atoms with Gasteiger partial charge in [-0.25, -0.2) is 9.97 Å². The van der Waals surface area contributed by atoms with Crippen LogP contribution in [0.25, 0.3) is 46.4 Å². The molecule has 5 heterocycles. The molecule has 3 aromatic heterocycles. The number of nitrogens with one attached hydrogen (secondary N) is 2. The number of hydrogen-bond acceptors (Lipinski definition) is 2. The van der Waals surface area contributed by atoms with Gasteiger partial charge >= 0.3 is 70.4 Å². The Labute approximate surface area is 207 Å². The monoisotopic (exact) mass is 571 g/mol. The van der Waals surface area contributed by atoms with Gasteiger partial charge in [-0.2, -0.15) is 0 Å². The second-order valence-corrected chi connectivity index (χ2v) is 9.12. The summed E-state index contributed by atoms with van der Waals surface area (Å²) in [6.45, 7) is 0. The molecular weight excluding hydrogens is 554 g/mol. The van der Waals surface area contributed by atoms with Gasteiger partial charge in [0.2, 0.25) is 0 Å². The zero-order chi connectivity index (χ0) is 21.9. The van der Waals surface area contributed by atoms with E-state index >= 15 is 0 Å². The number of aromatic amines is 2. The quantitative estimate of drug-likeness (QED) is 0.170. The molecule has 159 valence electrons. The van der Waals surface area contributed by atoms with Crippen LogP contribution in [0.4, 0.5) is 0 Å². The van der Waals surface area contributed by atoms with Gasteiger partial charge in [0.1, 0.15) is 0 Å². The van der Waals surface area contributed by atoms with E-state index in [4.69, 9.17) is 0 Å². The van der Waals surface area contributed by atoms with Crippen LogP contribution in [-0.2, 0) is 15.5 Å². The molecule has 0 radical (unpaired) electrons. The number of rotatable bonds is 0. The molecule has 1 aromatic carbocycles. The van der Waals surface area contributed by atoms with Crippen LogP contribution in [0, 0.1) is 3.57 Å². The van der Waals surface area contributed by atoms with E-state index in [9.17, 15) is 0 Å². The maximum absolute atomic E-state index is 4.63. The number of benzene rings is 1. The Morgan fingerprint density at radius 3 is 1.19 bits per heavy atom. The Balaban J connectivity index is 0.000000230.